The monoisotopic (exact) mass is 697 g/mol. The highest BCUT2D eigenvalue weighted by molar-refractivity contribution is 5.69. The molecule has 0 amide bonds. The summed E-state index contributed by atoms with van der Waals surface area (Å²) in [4.78, 5) is 23.3. The molecule has 0 aromatic carbocycles. The second-order valence-electron chi connectivity index (χ2n) is 14.2. The van der Waals surface area contributed by atoms with Crippen molar-refractivity contribution in [2.75, 3.05) is 0 Å². The van der Waals surface area contributed by atoms with E-state index in [0.29, 0.717) is 12.8 Å². The minimum Gasteiger partial charge on any atom is -0.481 e. The van der Waals surface area contributed by atoms with Gasteiger partial charge in [-0.15, -0.1) is 0 Å². The van der Waals surface area contributed by atoms with Crippen LogP contribution in [0, 0.1) is 0 Å². The quantitative estimate of drug-likeness (QED) is 0.0396. The van der Waals surface area contributed by atoms with Crippen LogP contribution in [0.3, 0.4) is 0 Å². The number of hydrogen-bond donors (Lipinski definition) is 1. The molecule has 0 saturated carbocycles. The number of carbonyl (C=O) groups excluding carboxylic acids is 1. The number of esters is 1. The predicted octanol–water partition coefficient (Wildman–Crippen LogP) is 14.9. The van der Waals surface area contributed by atoms with E-state index in [9.17, 15) is 9.59 Å². The van der Waals surface area contributed by atoms with Crippen LogP contribution < -0.4 is 0 Å². The van der Waals surface area contributed by atoms with Gasteiger partial charge in [-0.2, -0.15) is 0 Å². The number of ether oxygens (including phenoxy) is 1. The predicted molar refractivity (Wildman–Crippen MR) is 218 cm³/mol. The molecule has 1 atom stereocenters. The smallest absolute Gasteiger partial charge is 0.306 e. The summed E-state index contributed by atoms with van der Waals surface area (Å²) in [6.45, 7) is 4.43. The maximum absolute atomic E-state index is 12.7. The van der Waals surface area contributed by atoms with Gasteiger partial charge in [0, 0.05) is 12.8 Å². The molecule has 0 spiro atoms. The molecular formula is C46H80O4. The normalized spacial score (nSPS) is 12.8. The minimum atomic E-state index is -0.680. The molecule has 50 heavy (non-hydrogen) atoms. The summed E-state index contributed by atoms with van der Waals surface area (Å²) in [5.74, 6) is -0.667. The second kappa shape index (κ2) is 41.1. The van der Waals surface area contributed by atoms with E-state index in [1.165, 1.54) is 96.3 Å². The highest BCUT2D eigenvalue weighted by Crippen LogP contribution is 2.19. The van der Waals surface area contributed by atoms with E-state index < -0.39 is 5.97 Å². The Balaban J connectivity index is 4.00. The summed E-state index contributed by atoms with van der Waals surface area (Å²) in [5, 5.41) is 8.74. The number of carbonyl (C=O) groups is 2. The zero-order valence-electron chi connectivity index (χ0n) is 32.9. The van der Waals surface area contributed by atoms with Crippen LogP contribution in [-0.2, 0) is 14.3 Å². The van der Waals surface area contributed by atoms with E-state index in [4.69, 9.17) is 9.84 Å². The Morgan fingerprint density at radius 1 is 0.460 bits per heavy atom. The maximum Gasteiger partial charge on any atom is 0.306 e. The lowest BCUT2D eigenvalue weighted by atomic mass is 10.0. The SMILES string of the molecule is CC/C=C\C/C=C\C/C=C\C/C=C\C/C=C\CCCCCCCC(=O)OC(CCCCCCCCC)CCCCCCCCCCCC(=O)O. The lowest BCUT2D eigenvalue weighted by molar-refractivity contribution is -0.150. The Labute approximate surface area is 310 Å². The second-order valence-corrected chi connectivity index (χ2v) is 14.2. The Bertz CT molecular complexity index is 881. The van der Waals surface area contributed by atoms with E-state index in [-0.39, 0.29) is 12.1 Å². The maximum atomic E-state index is 12.7. The first-order chi connectivity index (χ1) is 24.6. The van der Waals surface area contributed by atoms with Crippen LogP contribution in [-0.4, -0.2) is 23.1 Å². The molecular weight excluding hydrogens is 617 g/mol. The van der Waals surface area contributed by atoms with Crippen LogP contribution in [0.25, 0.3) is 0 Å². The van der Waals surface area contributed by atoms with Gasteiger partial charge < -0.3 is 9.84 Å². The highest BCUT2D eigenvalue weighted by Gasteiger charge is 2.14. The lowest BCUT2D eigenvalue weighted by Crippen LogP contribution is -2.18. The minimum absolute atomic E-state index is 0.0135. The van der Waals surface area contributed by atoms with Crippen molar-refractivity contribution in [3.8, 4) is 0 Å². The standard InChI is InChI=1S/C46H80O4/c1-3-5-7-9-11-12-13-14-15-16-17-18-19-20-21-22-23-27-31-35-39-43-46(49)50-44(40-36-32-28-10-8-6-4-2)41-37-33-29-25-24-26-30-34-38-42-45(47)48/h5,7,11-12,14-15,17-18,20-21,44H,3-4,6,8-10,13,16,19,22-43H2,1-2H3,(H,47,48)/b7-5-,12-11-,15-14-,18-17-,21-20-. The topological polar surface area (TPSA) is 63.6 Å². The molecule has 0 aromatic rings. The van der Waals surface area contributed by atoms with Gasteiger partial charge >= 0.3 is 11.9 Å². The molecule has 4 heteroatoms. The number of allylic oxidation sites excluding steroid dienone is 10. The third-order valence-corrected chi connectivity index (χ3v) is 9.25. The molecule has 0 aliphatic rings. The molecule has 0 rings (SSSR count). The van der Waals surface area contributed by atoms with Crippen LogP contribution in [0.2, 0.25) is 0 Å². The van der Waals surface area contributed by atoms with Crippen LogP contribution in [0.15, 0.2) is 60.8 Å². The molecule has 1 N–H and O–H groups in total. The molecule has 0 aromatic heterocycles. The molecule has 1 unspecified atom stereocenters. The van der Waals surface area contributed by atoms with Gasteiger partial charge in [0.2, 0.25) is 0 Å². The summed E-state index contributed by atoms with van der Waals surface area (Å²) < 4.78 is 6.04. The van der Waals surface area contributed by atoms with E-state index in [1.807, 2.05) is 0 Å². The molecule has 288 valence electrons. The molecule has 0 fully saturated rings. The Hall–Kier alpha value is -2.36. The van der Waals surface area contributed by atoms with Gasteiger partial charge in [0.05, 0.1) is 0 Å². The van der Waals surface area contributed by atoms with Crippen molar-refractivity contribution in [3.63, 3.8) is 0 Å². The van der Waals surface area contributed by atoms with Crippen LogP contribution in [0.4, 0.5) is 0 Å². The zero-order valence-corrected chi connectivity index (χ0v) is 32.9. The third kappa shape index (κ3) is 40.1. The van der Waals surface area contributed by atoms with Crippen molar-refractivity contribution in [3.05, 3.63) is 60.8 Å². The first kappa shape index (κ1) is 47.6. The number of hydrogen-bond acceptors (Lipinski definition) is 3. The molecule has 0 radical (unpaired) electrons. The molecule has 0 aliphatic carbocycles. The van der Waals surface area contributed by atoms with Gasteiger partial charge in [0.15, 0.2) is 0 Å². The van der Waals surface area contributed by atoms with Crippen molar-refractivity contribution in [1.29, 1.82) is 0 Å². The van der Waals surface area contributed by atoms with E-state index in [2.05, 4.69) is 74.6 Å². The van der Waals surface area contributed by atoms with Crippen LogP contribution >= 0.6 is 0 Å². The summed E-state index contributed by atoms with van der Waals surface area (Å²) in [6, 6.07) is 0. The number of carboxylic acids is 1. The van der Waals surface area contributed by atoms with E-state index >= 15 is 0 Å². The zero-order chi connectivity index (χ0) is 36.4. The number of unbranched alkanes of at least 4 members (excludes halogenated alkanes) is 19. The lowest BCUT2D eigenvalue weighted by Gasteiger charge is -2.18. The van der Waals surface area contributed by atoms with E-state index in [1.54, 1.807) is 0 Å². The Morgan fingerprint density at radius 3 is 1.30 bits per heavy atom. The molecule has 0 saturated heterocycles. The van der Waals surface area contributed by atoms with Gasteiger partial charge in [-0.1, -0.05) is 177 Å². The van der Waals surface area contributed by atoms with Crippen molar-refractivity contribution >= 4 is 11.9 Å². The molecule has 0 heterocycles. The van der Waals surface area contributed by atoms with Gasteiger partial charge in [-0.3, -0.25) is 9.59 Å². The number of rotatable bonds is 38. The van der Waals surface area contributed by atoms with Gasteiger partial charge in [-0.25, -0.2) is 0 Å². The van der Waals surface area contributed by atoms with E-state index in [0.717, 1.165) is 89.9 Å². The number of carboxylic acid groups (broad SMARTS) is 1. The first-order valence-corrected chi connectivity index (χ1v) is 21.3. The fourth-order valence-electron chi connectivity index (χ4n) is 6.15. The van der Waals surface area contributed by atoms with Crippen LogP contribution in [0.1, 0.15) is 213 Å². The van der Waals surface area contributed by atoms with Crippen molar-refractivity contribution in [2.45, 2.75) is 219 Å². The molecule has 0 aliphatic heterocycles. The van der Waals surface area contributed by atoms with Gasteiger partial charge in [0.1, 0.15) is 6.10 Å². The fourth-order valence-corrected chi connectivity index (χ4v) is 6.15. The number of aliphatic carboxylic acids is 1. The van der Waals surface area contributed by atoms with Crippen molar-refractivity contribution in [2.24, 2.45) is 0 Å². The molecule has 4 nitrogen and oxygen atoms in total. The highest BCUT2D eigenvalue weighted by atomic mass is 16.5. The summed E-state index contributed by atoms with van der Waals surface area (Å²) in [7, 11) is 0. The first-order valence-electron chi connectivity index (χ1n) is 21.3. The van der Waals surface area contributed by atoms with Crippen molar-refractivity contribution < 1.29 is 19.4 Å². The Kier molecular flexibility index (Phi) is 39.1. The third-order valence-electron chi connectivity index (χ3n) is 9.25. The largest absolute Gasteiger partial charge is 0.481 e. The van der Waals surface area contributed by atoms with Gasteiger partial charge in [0.25, 0.3) is 0 Å². The van der Waals surface area contributed by atoms with Crippen molar-refractivity contribution in [1.82, 2.24) is 0 Å². The summed E-state index contributed by atoms with van der Waals surface area (Å²) >= 11 is 0. The van der Waals surface area contributed by atoms with Crippen LogP contribution in [0.5, 0.6) is 0 Å². The fraction of sp³-hybridized carbons (Fsp3) is 0.739. The molecule has 0 bridgehead atoms. The summed E-state index contributed by atoms with van der Waals surface area (Å²) in [5.41, 5.74) is 0. The van der Waals surface area contributed by atoms with Gasteiger partial charge in [-0.05, 0) is 83.5 Å². The summed E-state index contributed by atoms with van der Waals surface area (Å²) in [6.07, 6.45) is 56.8. The Morgan fingerprint density at radius 2 is 0.840 bits per heavy atom. The average Bonchev–Trinajstić information content (AvgIpc) is 3.10. The average molecular weight is 697 g/mol.